The van der Waals surface area contributed by atoms with Crippen molar-refractivity contribution in [2.75, 3.05) is 24.7 Å². The third kappa shape index (κ3) is 4.54. The monoisotopic (exact) mass is 614 g/mol. The van der Waals surface area contributed by atoms with Crippen molar-refractivity contribution in [1.82, 2.24) is 39.0 Å². The van der Waals surface area contributed by atoms with Crippen LogP contribution in [0.3, 0.4) is 0 Å². The molecule has 4 bridgehead atoms. The lowest BCUT2D eigenvalue weighted by molar-refractivity contribution is -0.153. The second-order valence-corrected chi connectivity index (χ2v) is 10.8. The van der Waals surface area contributed by atoms with Gasteiger partial charge in [0.25, 0.3) is 11.1 Å². The summed E-state index contributed by atoms with van der Waals surface area (Å²) in [5, 5.41) is 22.3. The van der Waals surface area contributed by atoms with Crippen molar-refractivity contribution >= 4 is 46.2 Å². The van der Waals surface area contributed by atoms with Crippen LogP contribution in [0.1, 0.15) is 25.3 Å². The first kappa shape index (κ1) is 27.9. The summed E-state index contributed by atoms with van der Waals surface area (Å²) in [4.78, 5) is 71.8. The van der Waals surface area contributed by atoms with E-state index in [0.29, 0.717) is 0 Å². The lowest BCUT2D eigenvalue weighted by Gasteiger charge is -2.22. The molecule has 232 valence electrons. The van der Waals surface area contributed by atoms with Crippen molar-refractivity contribution in [3.05, 3.63) is 33.4 Å². The molecule has 4 aromatic rings. The van der Waals surface area contributed by atoms with Gasteiger partial charge in [0.15, 0.2) is 22.3 Å². The number of nitrogens with two attached hydrogens (primary N) is 2. The van der Waals surface area contributed by atoms with Crippen LogP contribution in [0.15, 0.2) is 22.2 Å². The molecule has 7 heterocycles. The minimum atomic E-state index is -1.31. The second kappa shape index (κ2) is 10.4. The number of carbonyl (C=O) groups is 2. The third-order valence-corrected chi connectivity index (χ3v) is 8.07. The Labute approximate surface area is 243 Å². The van der Waals surface area contributed by atoms with E-state index in [0.717, 1.165) is 0 Å². The predicted molar refractivity (Wildman–Crippen MR) is 143 cm³/mol. The number of rotatable bonds is 2. The number of ether oxygens (including phenoxy) is 4. The van der Waals surface area contributed by atoms with Crippen molar-refractivity contribution in [3.63, 3.8) is 0 Å². The lowest BCUT2D eigenvalue weighted by atomic mass is 9.95. The molecule has 3 aliphatic rings. The van der Waals surface area contributed by atoms with Gasteiger partial charge < -0.3 is 40.6 Å². The fourth-order valence-electron chi connectivity index (χ4n) is 5.98. The van der Waals surface area contributed by atoms with Crippen molar-refractivity contribution < 1.29 is 38.7 Å². The molecule has 3 saturated heterocycles. The molecule has 20 heteroatoms. The molecule has 7 rings (SSSR count). The first-order valence-electron chi connectivity index (χ1n) is 13.5. The zero-order chi connectivity index (χ0) is 30.9. The third-order valence-electron chi connectivity index (χ3n) is 8.07. The molecular formula is C24H26N10O10. The average molecular weight is 615 g/mol. The van der Waals surface area contributed by atoms with Crippen LogP contribution in [0.25, 0.3) is 22.3 Å². The SMILES string of the molecule is Nc1nc2c(ncn2[C@@H]2O[C@@H]3COC(=O)C[C@@H]4[C@H](O)[C@@H](COC(=O)C[C@@H]2[C@@H]3O)O[C@H]4n2cnc3c(=O)[nH]c(N)nc32)c(=O)[nH]1. The summed E-state index contributed by atoms with van der Waals surface area (Å²) >= 11 is 0. The Balaban J connectivity index is 1.18. The van der Waals surface area contributed by atoms with E-state index in [2.05, 4.69) is 29.9 Å². The van der Waals surface area contributed by atoms with Crippen LogP contribution >= 0.6 is 0 Å². The highest BCUT2D eigenvalue weighted by Gasteiger charge is 2.50. The van der Waals surface area contributed by atoms with Crippen LogP contribution in [0.4, 0.5) is 11.9 Å². The first-order valence-corrected chi connectivity index (χ1v) is 13.5. The summed E-state index contributed by atoms with van der Waals surface area (Å²) in [5.74, 6) is -3.76. The highest BCUT2D eigenvalue weighted by molar-refractivity contribution is 5.73. The Morgan fingerprint density at radius 3 is 1.55 bits per heavy atom. The maximum Gasteiger partial charge on any atom is 0.306 e. The molecule has 0 saturated carbocycles. The molecule has 8 atom stereocenters. The van der Waals surface area contributed by atoms with Gasteiger partial charge in [-0.1, -0.05) is 0 Å². The Kier molecular flexibility index (Phi) is 6.57. The predicted octanol–water partition coefficient (Wildman–Crippen LogP) is -2.95. The number of hydrogen-bond donors (Lipinski definition) is 6. The van der Waals surface area contributed by atoms with Gasteiger partial charge in [-0.25, -0.2) is 9.97 Å². The summed E-state index contributed by atoms with van der Waals surface area (Å²) in [6.07, 6.45) is -5.14. The molecule has 0 aromatic carbocycles. The molecule has 0 spiro atoms. The molecular weight excluding hydrogens is 588 g/mol. The van der Waals surface area contributed by atoms with E-state index in [1.165, 1.54) is 21.8 Å². The molecule has 44 heavy (non-hydrogen) atoms. The molecule has 20 nitrogen and oxygen atoms in total. The van der Waals surface area contributed by atoms with E-state index in [-0.39, 0.29) is 47.1 Å². The maximum absolute atomic E-state index is 13.1. The van der Waals surface area contributed by atoms with E-state index in [9.17, 15) is 29.4 Å². The van der Waals surface area contributed by atoms with E-state index in [4.69, 9.17) is 30.4 Å². The fourth-order valence-corrected chi connectivity index (χ4v) is 5.98. The Morgan fingerprint density at radius 1 is 0.727 bits per heavy atom. The number of esters is 2. The van der Waals surface area contributed by atoms with Crippen LogP contribution < -0.4 is 22.6 Å². The summed E-state index contributed by atoms with van der Waals surface area (Å²) in [6.45, 7) is -0.825. The quantitative estimate of drug-likeness (QED) is 0.123. The minimum Gasteiger partial charge on any atom is -0.463 e. The van der Waals surface area contributed by atoms with Crippen LogP contribution in [0.2, 0.25) is 0 Å². The van der Waals surface area contributed by atoms with Gasteiger partial charge in [-0.05, 0) is 0 Å². The number of fused-ring (bicyclic) bond motifs is 6. The zero-order valence-electron chi connectivity index (χ0n) is 22.6. The van der Waals surface area contributed by atoms with Gasteiger partial charge in [0, 0.05) is 11.8 Å². The number of cyclic esters (lactones) is 2. The van der Waals surface area contributed by atoms with Crippen molar-refractivity contribution in [2.45, 2.75) is 49.7 Å². The average Bonchev–Trinajstić information content (AvgIpc) is 3.72. The number of hydrogen-bond acceptors (Lipinski definition) is 16. The van der Waals surface area contributed by atoms with Crippen molar-refractivity contribution in [2.24, 2.45) is 11.8 Å². The summed E-state index contributed by atoms with van der Waals surface area (Å²) in [6, 6.07) is 0. The van der Waals surface area contributed by atoms with Gasteiger partial charge in [0.2, 0.25) is 11.9 Å². The highest BCUT2D eigenvalue weighted by Crippen LogP contribution is 2.41. The summed E-state index contributed by atoms with van der Waals surface area (Å²) in [7, 11) is 0. The van der Waals surface area contributed by atoms with E-state index in [1.807, 2.05) is 0 Å². The molecule has 0 aliphatic carbocycles. The van der Waals surface area contributed by atoms with Crippen LogP contribution in [-0.4, -0.2) is 98.8 Å². The van der Waals surface area contributed by atoms with Gasteiger partial charge in [-0.3, -0.25) is 38.3 Å². The largest absolute Gasteiger partial charge is 0.463 e. The van der Waals surface area contributed by atoms with E-state index in [1.54, 1.807) is 0 Å². The molecule has 3 aliphatic heterocycles. The van der Waals surface area contributed by atoms with Crippen molar-refractivity contribution in [1.29, 1.82) is 0 Å². The molecule has 0 radical (unpaired) electrons. The number of imidazole rings is 2. The highest BCUT2D eigenvalue weighted by atomic mass is 16.6. The second-order valence-electron chi connectivity index (χ2n) is 10.8. The van der Waals surface area contributed by atoms with Gasteiger partial charge in [0.1, 0.15) is 37.9 Å². The number of nitrogens with one attached hydrogen (secondary N) is 2. The minimum absolute atomic E-state index is 0.0377. The van der Waals surface area contributed by atoms with Crippen LogP contribution in [-0.2, 0) is 28.5 Å². The number of nitrogens with zero attached hydrogens (tertiary/aromatic N) is 6. The Morgan fingerprint density at radius 2 is 1.14 bits per heavy atom. The standard InChI is InChI=1S/C24H26N10O10/c25-23-29-17-13(19(39)31-23)27-5-33(17)21-7-1-11(35)41-3-10-16(38)8(2-12(36)42-4-9(43-21)15(7)37)22(44-10)34-6-28-14-18(34)30-24(26)32-20(14)40/h5-10,15-16,21-22,37-38H,1-4H2,(H3,25,29,31,39)(H3,26,30,32,40)/t7-,8-,9-,10-,15+,16+,21-,22-/m1/s1. The Hall–Kier alpha value is -4.92. The van der Waals surface area contributed by atoms with E-state index >= 15 is 0 Å². The van der Waals surface area contributed by atoms with Gasteiger partial charge >= 0.3 is 11.9 Å². The Bertz CT molecular complexity index is 1760. The topological polar surface area (TPSA) is 291 Å². The van der Waals surface area contributed by atoms with Gasteiger partial charge in [0.05, 0.1) is 37.7 Å². The molecule has 3 fully saturated rings. The van der Waals surface area contributed by atoms with Gasteiger partial charge in [-0.15, -0.1) is 0 Å². The van der Waals surface area contributed by atoms with Crippen LogP contribution in [0.5, 0.6) is 0 Å². The number of anilines is 2. The van der Waals surface area contributed by atoms with Crippen LogP contribution in [0, 0.1) is 11.8 Å². The van der Waals surface area contributed by atoms with E-state index < -0.39 is 85.0 Å². The summed E-state index contributed by atoms with van der Waals surface area (Å²) < 4.78 is 25.7. The molecule has 4 aromatic heterocycles. The van der Waals surface area contributed by atoms with Gasteiger partial charge in [-0.2, -0.15) is 9.97 Å². The normalized spacial score (nSPS) is 31.2. The number of nitrogen functional groups attached to an aromatic ring is 2. The number of aliphatic hydroxyl groups excluding tert-OH is 2. The number of aromatic nitrogens is 8. The number of aromatic amines is 2. The van der Waals surface area contributed by atoms with Crippen molar-refractivity contribution in [3.8, 4) is 0 Å². The molecule has 0 amide bonds. The summed E-state index contributed by atoms with van der Waals surface area (Å²) in [5.41, 5.74) is 10.3. The fraction of sp³-hybridized carbons (Fsp3) is 0.500. The molecule has 8 N–H and O–H groups in total. The lowest BCUT2D eigenvalue weighted by Crippen LogP contribution is -2.36. The number of carbonyl (C=O) groups excluding carboxylic acids is 2. The maximum atomic E-state index is 13.1. The number of H-pyrrole nitrogens is 2. The number of aliphatic hydroxyl groups is 2. The smallest absolute Gasteiger partial charge is 0.306 e. The first-order chi connectivity index (χ1) is 21.1. The molecule has 0 unspecified atom stereocenters. The zero-order valence-corrected chi connectivity index (χ0v) is 22.6.